The lowest BCUT2D eigenvalue weighted by Crippen LogP contribution is -2.22. The third kappa shape index (κ3) is 1.67. The van der Waals surface area contributed by atoms with Crippen molar-refractivity contribution in [2.75, 3.05) is 6.54 Å². The fourth-order valence-corrected chi connectivity index (χ4v) is 1.94. The van der Waals surface area contributed by atoms with Crippen molar-refractivity contribution in [1.29, 1.82) is 0 Å². The Morgan fingerprint density at radius 2 is 2.06 bits per heavy atom. The Bertz CT molecular complexity index is 493. The fraction of sp³-hybridized carbons (Fsp3) is 0.364. The number of hydrogen-bond acceptors (Lipinski definition) is 2. The first-order chi connectivity index (χ1) is 7.65. The van der Waals surface area contributed by atoms with Crippen molar-refractivity contribution < 1.29 is 8.78 Å². The number of nitrogens with two attached hydrogens (primary N) is 1. The van der Waals surface area contributed by atoms with E-state index in [1.54, 1.807) is 19.2 Å². The number of rotatable bonds is 3. The fourth-order valence-electron chi connectivity index (χ4n) is 1.94. The minimum atomic E-state index is -2.47. The van der Waals surface area contributed by atoms with Gasteiger partial charge in [0.1, 0.15) is 0 Å². The standard InChI is InChI=1S/C11H13F2N3/c1-16-10(8(6-14)11(12)13)7-4-2-3-5-9(7)15-16/h2-5,8,11H,6,14H2,1H3. The van der Waals surface area contributed by atoms with Gasteiger partial charge in [0, 0.05) is 19.0 Å². The van der Waals surface area contributed by atoms with Crippen molar-refractivity contribution in [3.8, 4) is 0 Å². The summed E-state index contributed by atoms with van der Waals surface area (Å²) in [6, 6.07) is 7.24. The summed E-state index contributed by atoms with van der Waals surface area (Å²) in [6.07, 6.45) is -2.47. The summed E-state index contributed by atoms with van der Waals surface area (Å²) in [7, 11) is 1.67. The van der Waals surface area contributed by atoms with Crippen molar-refractivity contribution in [2.24, 2.45) is 12.8 Å². The average molecular weight is 225 g/mol. The molecule has 3 nitrogen and oxygen atoms in total. The van der Waals surface area contributed by atoms with Gasteiger partial charge in [-0.2, -0.15) is 5.10 Å². The molecule has 0 aliphatic heterocycles. The highest BCUT2D eigenvalue weighted by Crippen LogP contribution is 2.28. The van der Waals surface area contributed by atoms with Crippen LogP contribution in [0.15, 0.2) is 24.3 Å². The summed E-state index contributed by atoms with van der Waals surface area (Å²) in [5, 5.41) is 4.94. The summed E-state index contributed by atoms with van der Waals surface area (Å²) in [4.78, 5) is 0. The van der Waals surface area contributed by atoms with Crippen LogP contribution >= 0.6 is 0 Å². The molecule has 1 aromatic heterocycles. The highest BCUT2D eigenvalue weighted by atomic mass is 19.3. The second-order valence-electron chi connectivity index (χ2n) is 3.70. The molecule has 86 valence electrons. The van der Waals surface area contributed by atoms with Crippen LogP contribution in [0.3, 0.4) is 0 Å². The van der Waals surface area contributed by atoms with E-state index >= 15 is 0 Å². The lowest BCUT2D eigenvalue weighted by molar-refractivity contribution is 0.114. The monoisotopic (exact) mass is 225 g/mol. The molecule has 0 saturated carbocycles. The van der Waals surface area contributed by atoms with Crippen molar-refractivity contribution in [2.45, 2.75) is 12.3 Å². The first-order valence-electron chi connectivity index (χ1n) is 5.05. The van der Waals surface area contributed by atoms with Crippen LogP contribution in [-0.2, 0) is 7.05 Å². The summed E-state index contributed by atoms with van der Waals surface area (Å²) in [6.45, 7) is -0.0821. The minimum Gasteiger partial charge on any atom is -0.330 e. The number of hydrogen-bond donors (Lipinski definition) is 1. The maximum absolute atomic E-state index is 12.8. The number of halogens is 2. The van der Waals surface area contributed by atoms with Crippen LogP contribution in [0.25, 0.3) is 10.9 Å². The highest BCUT2D eigenvalue weighted by molar-refractivity contribution is 5.82. The predicted molar refractivity (Wildman–Crippen MR) is 58.5 cm³/mol. The molecule has 2 rings (SSSR count). The summed E-state index contributed by atoms with van der Waals surface area (Å²) < 4.78 is 27.2. The third-order valence-electron chi connectivity index (χ3n) is 2.70. The van der Waals surface area contributed by atoms with Gasteiger partial charge in [0.15, 0.2) is 0 Å². The van der Waals surface area contributed by atoms with E-state index in [2.05, 4.69) is 5.10 Å². The summed E-state index contributed by atoms with van der Waals surface area (Å²) >= 11 is 0. The zero-order valence-corrected chi connectivity index (χ0v) is 8.90. The highest BCUT2D eigenvalue weighted by Gasteiger charge is 2.26. The number of benzene rings is 1. The van der Waals surface area contributed by atoms with Crippen molar-refractivity contribution in [3.05, 3.63) is 30.0 Å². The Kier molecular flexibility index (Phi) is 2.87. The number of fused-ring (bicyclic) bond motifs is 1. The average Bonchev–Trinajstić information content (AvgIpc) is 2.57. The molecule has 2 aromatic rings. The SMILES string of the molecule is Cn1nc2ccccc2c1C(CN)C(F)F. The van der Waals surface area contributed by atoms with Gasteiger partial charge in [-0.25, -0.2) is 8.78 Å². The molecule has 0 radical (unpaired) electrons. The molecule has 1 aromatic carbocycles. The quantitative estimate of drug-likeness (QED) is 0.866. The van der Waals surface area contributed by atoms with E-state index in [9.17, 15) is 8.78 Å². The molecular weight excluding hydrogens is 212 g/mol. The van der Waals surface area contributed by atoms with Crippen molar-refractivity contribution in [1.82, 2.24) is 9.78 Å². The molecule has 1 unspecified atom stereocenters. The first-order valence-corrected chi connectivity index (χ1v) is 5.05. The van der Waals surface area contributed by atoms with Gasteiger partial charge in [0.2, 0.25) is 6.43 Å². The Balaban J connectivity index is 2.62. The first kappa shape index (κ1) is 11.0. The third-order valence-corrected chi connectivity index (χ3v) is 2.70. The zero-order chi connectivity index (χ0) is 11.7. The van der Waals surface area contributed by atoms with Crippen LogP contribution in [-0.4, -0.2) is 22.8 Å². The number of alkyl halides is 2. The number of aryl methyl sites for hydroxylation is 1. The lowest BCUT2D eigenvalue weighted by Gasteiger charge is -2.14. The lowest BCUT2D eigenvalue weighted by atomic mass is 10.0. The van der Waals surface area contributed by atoms with Gasteiger partial charge in [-0.15, -0.1) is 0 Å². The number of aromatic nitrogens is 2. The molecule has 0 aliphatic carbocycles. The van der Waals surface area contributed by atoms with E-state index in [1.807, 2.05) is 12.1 Å². The van der Waals surface area contributed by atoms with Gasteiger partial charge in [0.25, 0.3) is 0 Å². The molecular formula is C11H13F2N3. The molecule has 1 atom stereocenters. The molecule has 0 amide bonds. The topological polar surface area (TPSA) is 43.8 Å². The Morgan fingerprint density at radius 3 is 2.69 bits per heavy atom. The van der Waals surface area contributed by atoms with Crippen molar-refractivity contribution >= 4 is 10.9 Å². The molecule has 0 fully saturated rings. The maximum atomic E-state index is 12.8. The molecule has 2 N–H and O–H groups in total. The Labute approximate surface area is 91.9 Å². The second kappa shape index (κ2) is 4.17. The summed E-state index contributed by atoms with van der Waals surface area (Å²) in [5.41, 5.74) is 6.63. The largest absolute Gasteiger partial charge is 0.330 e. The smallest absolute Gasteiger partial charge is 0.248 e. The van der Waals surface area contributed by atoms with Gasteiger partial charge in [-0.3, -0.25) is 4.68 Å². The molecule has 16 heavy (non-hydrogen) atoms. The van der Waals surface area contributed by atoms with E-state index < -0.39 is 12.3 Å². The van der Waals surface area contributed by atoms with Crippen LogP contribution in [0.5, 0.6) is 0 Å². The van der Waals surface area contributed by atoms with Crippen molar-refractivity contribution in [3.63, 3.8) is 0 Å². The molecule has 0 saturated heterocycles. The predicted octanol–water partition coefficient (Wildman–Crippen LogP) is 1.88. The molecule has 0 bridgehead atoms. The molecule has 0 aliphatic rings. The normalized spacial score (nSPS) is 13.6. The van der Waals surface area contributed by atoms with Crippen LogP contribution in [0.2, 0.25) is 0 Å². The van der Waals surface area contributed by atoms with Gasteiger partial charge in [-0.1, -0.05) is 18.2 Å². The molecule has 0 spiro atoms. The molecule has 5 heteroatoms. The van der Waals surface area contributed by atoms with E-state index in [0.29, 0.717) is 5.69 Å². The van der Waals surface area contributed by atoms with E-state index in [-0.39, 0.29) is 6.54 Å². The van der Waals surface area contributed by atoms with Crippen LogP contribution < -0.4 is 5.73 Å². The van der Waals surface area contributed by atoms with E-state index in [4.69, 9.17) is 5.73 Å². The Hall–Kier alpha value is -1.49. The van der Waals surface area contributed by atoms with Gasteiger partial charge < -0.3 is 5.73 Å². The van der Waals surface area contributed by atoms with Gasteiger partial charge >= 0.3 is 0 Å². The maximum Gasteiger partial charge on any atom is 0.248 e. The van der Waals surface area contributed by atoms with Crippen LogP contribution in [0, 0.1) is 0 Å². The number of nitrogens with zero attached hydrogens (tertiary/aromatic N) is 2. The summed E-state index contributed by atoms with van der Waals surface area (Å²) in [5.74, 6) is -0.961. The second-order valence-corrected chi connectivity index (χ2v) is 3.70. The van der Waals surface area contributed by atoms with E-state index in [1.165, 1.54) is 4.68 Å². The zero-order valence-electron chi connectivity index (χ0n) is 8.90. The molecule has 1 heterocycles. The minimum absolute atomic E-state index is 0.0821. The van der Waals surface area contributed by atoms with Gasteiger partial charge in [-0.05, 0) is 6.07 Å². The Morgan fingerprint density at radius 1 is 1.38 bits per heavy atom. The van der Waals surface area contributed by atoms with E-state index in [0.717, 1.165) is 10.9 Å². The van der Waals surface area contributed by atoms with Crippen LogP contribution in [0.1, 0.15) is 11.6 Å². The van der Waals surface area contributed by atoms with Gasteiger partial charge in [0.05, 0.1) is 17.1 Å². The van der Waals surface area contributed by atoms with Crippen LogP contribution in [0.4, 0.5) is 8.78 Å².